The van der Waals surface area contributed by atoms with Gasteiger partial charge in [-0.2, -0.15) is 10.2 Å². The summed E-state index contributed by atoms with van der Waals surface area (Å²) in [4.78, 5) is 15.8. The molecule has 9 nitrogen and oxygen atoms in total. The second kappa shape index (κ2) is 6.39. The third-order valence-corrected chi connectivity index (χ3v) is 5.28. The number of nitrogens with two attached hydrogens (primary N) is 1. The Morgan fingerprint density at radius 2 is 2.38 bits per heavy atom. The summed E-state index contributed by atoms with van der Waals surface area (Å²) in [6.45, 7) is 5.67. The number of aromatic nitrogens is 2. The van der Waals surface area contributed by atoms with Gasteiger partial charge < -0.3 is 24.0 Å². The van der Waals surface area contributed by atoms with Crippen molar-refractivity contribution >= 4 is 14.4 Å². The fraction of sp³-hybridized carbons (Fsp3) is 0.643. The molecule has 0 spiro atoms. The number of anilines is 1. The summed E-state index contributed by atoms with van der Waals surface area (Å²) >= 11 is 0. The average molecular weight is 354 g/mol. The van der Waals surface area contributed by atoms with E-state index in [1.165, 1.54) is 16.8 Å². The first-order valence-electron chi connectivity index (χ1n) is 7.53. The zero-order valence-electron chi connectivity index (χ0n) is 13.6. The summed E-state index contributed by atoms with van der Waals surface area (Å²) in [5.74, 6) is 0.110. The van der Waals surface area contributed by atoms with Gasteiger partial charge in [-0.3, -0.25) is 4.57 Å². The predicted molar refractivity (Wildman–Crippen MR) is 84.5 cm³/mol. The lowest BCUT2D eigenvalue weighted by molar-refractivity contribution is -0.0646. The fourth-order valence-corrected chi connectivity index (χ4v) is 4.10. The van der Waals surface area contributed by atoms with Crippen molar-refractivity contribution in [2.75, 3.05) is 12.3 Å². The van der Waals surface area contributed by atoms with Gasteiger partial charge in [0, 0.05) is 6.20 Å². The van der Waals surface area contributed by atoms with E-state index in [4.69, 9.17) is 24.0 Å². The van der Waals surface area contributed by atoms with E-state index in [2.05, 4.69) is 11.1 Å². The van der Waals surface area contributed by atoms with Crippen LogP contribution in [-0.4, -0.2) is 34.5 Å². The molecule has 5 unspecified atom stereocenters. The van der Waals surface area contributed by atoms with E-state index < -0.39 is 38.1 Å². The molecule has 0 radical (unpaired) electrons. The zero-order chi connectivity index (χ0) is 17.5. The number of rotatable bonds is 3. The van der Waals surface area contributed by atoms with Crippen molar-refractivity contribution in [3.8, 4) is 6.07 Å². The van der Waals surface area contributed by atoms with Gasteiger partial charge in [-0.05, 0) is 26.8 Å². The molecule has 0 aromatic carbocycles. The van der Waals surface area contributed by atoms with Crippen molar-refractivity contribution in [3.05, 3.63) is 22.7 Å². The summed E-state index contributed by atoms with van der Waals surface area (Å²) in [6.07, 6.45) is -0.496. The van der Waals surface area contributed by atoms with Crippen LogP contribution < -0.4 is 11.4 Å². The van der Waals surface area contributed by atoms with Gasteiger partial charge in [0.2, 0.25) is 0 Å². The van der Waals surface area contributed by atoms with E-state index in [1.807, 2.05) is 13.8 Å². The van der Waals surface area contributed by atoms with E-state index in [0.717, 1.165) is 0 Å². The Bertz CT molecular complexity index is 720. The number of nitrogens with zero attached hydrogens (tertiary/aromatic N) is 3. The molecule has 2 N–H and O–H groups in total. The maximum atomic E-state index is 12.1. The topological polar surface area (TPSA) is 122 Å². The molecule has 1 aromatic rings. The molecule has 0 aliphatic carbocycles. The van der Waals surface area contributed by atoms with Gasteiger partial charge in [0.1, 0.15) is 23.4 Å². The van der Waals surface area contributed by atoms with Crippen molar-refractivity contribution in [3.63, 3.8) is 0 Å². The Morgan fingerprint density at radius 3 is 3.00 bits per heavy atom. The highest BCUT2D eigenvalue weighted by Crippen LogP contribution is 2.56. The molecule has 2 fully saturated rings. The predicted octanol–water partition coefficient (Wildman–Crippen LogP) is 1.32. The molecule has 24 heavy (non-hydrogen) atoms. The minimum absolute atomic E-state index is 0.0666. The number of hydrogen-bond acceptors (Lipinski definition) is 8. The first-order valence-corrected chi connectivity index (χ1v) is 8.62. The molecule has 2 aliphatic rings. The molecule has 2 saturated heterocycles. The van der Waals surface area contributed by atoms with Crippen LogP contribution in [0.25, 0.3) is 0 Å². The SMILES string of the molecule is CC(C)OP1OCC2OC(n3ccc(N)nc3=O)C(C)(C#N)C2O1. The Labute approximate surface area is 140 Å². The average Bonchev–Trinajstić information content (AvgIpc) is 2.80. The van der Waals surface area contributed by atoms with Crippen LogP contribution in [0.15, 0.2) is 17.1 Å². The highest BCUT2D eigenvalue weighted by Gasteiger charge is 2.59. The van der Waals surface area contributed by atoms with E-state index in [1.54, 1.807) is 6.92 Å². The molecule has 130 valence electrons. The van der Waals surface area contributed by atoms with Crippen LogP contribution in [0.3, 0.4) is 0 Å². The highest BCUT2D eigenvalue weighted by atomic mass is 31.2. The molecular formula is C14H19N4O5P. The molecule has 0 saturated carbocycles. The van der Waals surface area contributed by atoms with Crippen LogP contribution in [0.4, 0.5) is 5.82 Å². The third kappa shape index (κ3) is 2.92. The molecule has 2 aliphatic heterocycles. The lowest BCUT2D eigenvalue weighted by Gasteiger charge is -2.34. The number of hydrogen-bond donors (Lipinski definition) is 1. The Hall–Kier alpha value is -1.56. The van der Waals surface area contributed by atoms with Crippen molar-refractivity contribution in [1.29, 1.82) is 5.26 Å². The summed E-state index contributed by atoms with van der Waals surface area (Å²) in [7, 11) is -1.56. The summed E-state index contributed by atoms with van der Waals surface area (Å²) in [5, 5.41) is 9.76. The Kier molecular flexibility index (Phi) is 4.60. The van der Waals surface area contributed by atoms with Crippen LogP contribution >= 0.6 is 8.60 Å². The zero-order valence-corrected chi connectivity index (χ0v) is 14.5. The number of nitriles is 1. The lowest BCUT2D eigenvalue weighted by Crippen LogP contribution is -2.42. The van der Waals surface area contributed by atoms with Crippen molar-refractivity contribution in [2.24, 2.45) is 5.41 Å². The van der Waals surface area contributed by atoms with Gasteiger partial charge in [0.25, 0.3) is 0 Å². The van der Waals surface area contributed by atoms with E-state index in [-0.39, 0.29) is 18.5 Å². The maximum Gasteiger partial charge on any atom is 0.351 e. The number of nitrogen functional groups attached to an aromatic ring is 1. The normalized spacial score (nSPS) is 35.6. The lowest BCUT2D eigenvalue weighted by atomic mass is 9.84. The molecule has 0 bridgehead atoms. The van der Waals surface area contributed by atoms with E-state index in [0.29, 0.717) is 0 Å². The molecule has 1 aromatic heterocycles. The van der Waals surface area contributed by atoms with Crippen LogP contribution in [0, 0.1) is 16.7 Å². The fourth-order valence-electron chi connectivity index (χ4n) is 2.77. The quantitative estimate of drug-likeness (QED) is 0.807. The van der Waals surface area contributed by atoms with Crippen molar-refractivity contribution < 1.29 is 18.3 Å². The van der Waals surface area contributed by atoms with Gasteiger partial charge in [-0.25, -0.2) is 4.79 Å². The molecular weight excluding hydrogens is 335 g/mol. The van der Waals surface area contributed by atoms with Crippen LogP contribution in [0.5, 0.6) is 0 Å². The first-order chi connectivity index (χ1) is 11.3. The molecule has 3 rings (SSSR count). The van der Waals surface area contributed by atoms with Gasteiger partial charge >= 0.3 is 14.3 Å². The minimum atomic E-state index is -1.56. The second-order valence-corrected chi connectivity index (χ2v) is 7.29. The molecule has 0 amide bonds. The summed E-state index contributed by atoms with van der Waals surface area (Å²) < 4.78 is 24.1. The van der Waals surface area contributed by atoms with Gasteiger partial charge in [-0.15, -0.1) is 0 Å². The standard InChI is InChI=1S/C14H19N4O5P/c1-8(2)22-24-20-6-9-11(23-24)14(3,7-15)12(21-9)18-5-4-10(16)17-13(18)19/h4-5,8-9,11-12H,6H2,1-3H3,(H2,16,17,19). The van der Waals surface area contributed by atoms with Crippen molar-refractivity contribution in [1.82, 2.24) is 9.55 Å². The number of ether oxygens (including phenoxy) is 1. The third-order valence-electron chi connectivity index (χ3n) is 3.93. The van der Waals surface area contributed by atoms with E-state index in [9.17, 15) is 10.1 Å². The Morgan fingerprint density at radius 1 is 1.62 bits per heavy atom. The van der Waals surface area contributed by atoms with E-state index >= 15 is 0 Å². The minimum Gasteiger partial charge on any atom is -0.383 e. The molecule has 10 heteroatoms. The molecule has 5 atom stereocenters. The summed E-state index contributed by atoms with van der Waals surface area (Å²) in [6, 6.07) is 3.72. The van der Waals surface area contributed by atoms with Crippen molar-refractivity contribution in [2.45, 2.75) is 45.3 Å². The molecule has 3 heterocycles. The van der Waals surface area contributed by atoms with Gasteiger partial charge in [0.05, 0.1) is 18.8 Å². The Balaban J connectivity index is 1.91. The monoisotopic (exact) mass is 354 g/mol. The first kappa shape index (κ1) is 17.3. The van der Waals surface area contributed by atoms with Gasteiger partial charge in [-0.1, -0.05) is 0 Å². The smallest absolute Gasteiger partial charge is 0.351 e. The number of fused-ring (bicyclic) bond motifs is 1. The van der Waals surface area contributed by atoms with Gasteiger partial charge in [0.15, 0.2) is 6.23 Å². The highest BCUT2D eigenvalue weighted by molar-refractivity contribution is 7.41. The van der Waals surface area contributed by atoms with Crippen LogP contribution in [0.1, 0.15) is 27.0 Å². The maximum absolute atomic E-state index is 12.1. The van der Waals surface area contributed by atoms with Crippen LogP contribution in [0.2, 0.25) is 0 Å². The summed E-state index contributed by atoms with van der Waals surface area (Å²) in [5.41, 5.74) is 3.84. The largest absolute Gasteiger partial charge is 0.383 e. The van der Waals surface area contributed by atoms with Crippen LogP contribution in [-0.2, 0) is 18.3 Å². The second-order valence-electron chi connectivity index (χ2n) is 6.16.